The standard InChI is InChI=1S/C25H32N6O4/c1-16(28-21-10-6-5-8-19(21)24(26)30(2)3)27-17-12-14-18(15-13-17)29-25(32)20-9-7-11-22(35-4)23(20)31(33)34/h5-11,17-18,26-28H,1,12-15H2,2-4H3,(H,29,32). The Bertz CT molecular complexity index is 1110. The summed E-state index contributed by atoms with van der Waals surface area (Å²) in [5, 5.41) is 29.4. The molecule has 1 aliphatic rings. The highest BCUT2D eigenvalue weighted by Gasteiger charge is 2.28. The number of amides is 1. The van der Waals surface area contributed by atoms with Gasteiger partial charge in [0.25, 0.3) is 5.91 Å². The SMILES string of the molecule is C=C(Nc1ccccc1C(=N)N(C)C)NC1CCC(NC(=O)c2cccc(OC)c2[N+](=O)[O-])CC1. The van der Waals surface area contributed by atoms with Crippen LogP contribution in [0, 0.1) is 15.5 Å². The number of nitrogens with zero attached hydrogens (tertiary/aromatic N) is 2. The van der Waals surface area contributed by atoms with E-state index in [1.54, 1.807) is 11.0 Å². The molecule has 0 atom stereocenters. The summed E-state index contributed by atoms with van der Waals surface area (Å²) in [4.78, 5) is 25.4. The largest absolute Gasteiger partial charge is 0.490 e. The van der Waals surface area contributed by atoms with Crippen LogP contribution < -0.4 is 20.7 Å². The van der Waals surface area contributed by atoms with Crippen molar-refractivity contribution >= 4 is 23.1 Å². The number of carbonyl (C=O) groups excluding carboxylic acids is 1. The number of hydrogen-bond acceptors (Lipinski definition) is 7. The average molecular weight is 481 g/mol. The van der Waals surface area contributed by atoms with Crippen molar-refractivity contribution in [3.05, 3.63) is 76.1 Å². The van der Waals surface area contributed by atoms with Crippen LogP contribution in [0.2, 0.25) is 0 Å². The molecule has 10 nitrogen and oxygen atoms in total. The maximum atomic E-state index is 12.8. The molecule has 1 amide bonds. The summed E-state index contributed by atoms with van der Waals surface area (Å²) in [6.07, 6.45) is 3.08. The maximum Gasteiger partial charge on any atom is 0.323 e. The van der Waals surface area contributed by atoms with Gasteiger partial charge in [-0.05, 0) is 49.9 Å². The first kappa shape index (κ1) is 25.5. The van der Waals surface area contributed by atoms with Crippen molar-refractivity contribution in [2.24, 2.45) is 0 Å². The zero-order chi connectivity index (χ0) is 25.5. The minimum absolute atomic E-state index is 0.00543. The molecule has 0 aliphatic heterocycles. The number of hydrogen-bond donors (Lipinski definition) is 4. The van der Waals surface area contributed by atoms with E-state index in [1.165, 1.54) is 19.2 Å². The van der Waals surface area contributed by atoms with Gasteiger partial charge in [0.15, 0.2) is 5.75 Å². The molecule has 0 saturated heterocycles. The zero-order valence-electron chi connectivity index (χ0n) is 20.3. The van der Waals surface area contributed by atoms with E-state index in [2.05, 4.69) is 22.5 Å². The van der Waals surface area contributed by atoms with E-state index in [0.717, 1.165) is 36.9 Å². The van der Waals surface area contributed by atoms with Crippen molar-refractivity contribution in [2.45, 2.75) is 37.8 Å². The highest BCUT2D eigenvalue weighted by molar-refractivity contribution is 6.01. The first-order chi connectivity index (χ1) is 16.7. The predicted molar refractivity (Wildman–Crippen MR) is 136 cm³/mol. The Balaban J connectivity index is 1.54. The molecule has 2 aromatic rings. The lowest BCUT2D eigenvalue weighted by atomic mass is 9.91. The topological polar surface area (TPSA) is 133 Å². The van der Waals surface area contributed by atoms with Gasteiger partial charge in [-0.1, -0.05) is 24.8 Å². The summed E-state index contributed by atoms with van der Waals surface area (Å²) in [7, 11) is 5.00. The van der Waals surface area contributed by atoms with E-state index >= 15 is 0 Å². The van der Waals surface area contributed by atoms with Gasteiger partial charge in [0.2, 0.25) is 0 Å². The molecular weight excluding hydrogens is 448 g/mol. The predicted octanol–water partition coefficient (Wildman–Crippen LogP) is 3.70. The fraction of sp³-hybridized carbons (Fsp3) is 0.360. The number of nitro groups is 1. The molecule has 10 heteroatoms. The lowest BCUT2D eigenvalue weighted by molar-refractivity contribution is -0.386. The van der Waals surface area contributed by atoms with E-state index in [9.17, 15) is 14.9 Å². The molecule has 0 bridgehead atoms. The average Bonchev–Trinajstić information content (AvgIpc) is 2.84. The third-order valence-electron chi connectivity index (χ3n) is 6.00. The van der Waals surface area contributed by atoms with Gasteiger partial charge in [0, 0.05) is 31.7 Å². The van der Waals surface area contributed by atoms with E-state index in [0.29, 0.717) is 11.7 Å². The van der Waals surface area contributed by atoms with E-state index in [4.69, 9.17) is 10.1 Å². The molecule has 186 valence electrons. The lowest BCUT2D eigenvalue weighted by Crippen LogP contribution is -2.42. The van der Waals surface area contributed by atoms with Crippen LogP contribution in [0.25, 0.3) is 0 Å². The number of nitro benzene ring substituents is 1. The van der Waals surface area contributed by atoms with Gasteiger partial charge in [-0.25, -0.2) is 0 Å². The quantitative estimate of drug-likeness (QED) is 0.186. The first-order valence-corrected chi connectivity index (χ1v) is 11.4. The minimum Gasteiger partial charge on any atom is -0.490 e. The summed E-state index contributed by atoms with van der Waals surface area (Å²) in [5.41, 5.74) is 1.24. The summed E-state index contributed by atoms with van der Waals surface area (Å²) in [5.74, 6) is 0.624. The number of rotatable bonds is 9. The molecule has 2 aromatic carbocycles. The molecule has 3 rings (SSSR count). The number of nitrogens with one attached hydrogen (secondary N) is 4. The Morgan fingerprint density at radius 3 is 2.26 bits per heavy atom. The van der Waals surface area contributed by atoms with Crippen LogP contribution in [-0.4, -0.2) is 54.9 Å². The second kappa shape index (κ2) is 11.4. The highest BCUT2D eigenvalue weighted by atomic mass is 16.6. The van der Waals surface area contributed by atoms with Crippen LogP contribution in [0.3, 0.4) is 0 Å². The van der Waals surface area contributed by atoms with Crippen molar-refractivity contribution in [3.8, 4) is 5.75 Å². The molecule has 0 aromatic heterocycles. The van der Waals surface area contributed by atoms with Gasteiger partial charge in [0.05, 0.1) is 23.5 Å². The van der Waals surface area contributed by atoms with E-state index in [1.807, 2.05) is 38.4 Å². The number of para-hydroxylation sites is 2. The second-order valence-corrected chi connectivity index (χ2v) is 8.67. The second-order valence-electron chi connectivity index (χ2n) is 8.67. The lowest BCUT2D eigenvalue weighted by Gasteiger charge is -2.31. The summed E-state index contributed by atoms with van der Waals surface area (Å²) < 4.78 is 5.05. The Morgan fingerprint density at radius 2 is 1.66 bits per heavy atom. The van der Waals surface area contributed by atoms with Crippen LogP contribution in [0.5, 0.6) is 5.75 Å². The monoisotopic (exact) mass is 480 g/mol. The van der Waals surface area contributed by atoms with E-state index in [-0.39, 0.29) is 29.1 Å². The van der Waals surface area contributed by atoms with Gasteiger partial charge in [-0.15, -0.1) is 0 Å². The Kier molecular flexibility index (Phi) is 8.30. The summed E-state index contributed by atoms with van der Waals surface area (Å²) in [6, 6.07) is 12.2. The van der Waals surface area contributed by atoms with E-state index < -0.39 is 10.8 Å². The molecule has 1 aliphatic carbocycles. The molecule has 4 N–H and O–H groups in total. The fourth-order valence-electron chi connectivity index (χ4n) is 4.19. The first-order valence-electron chi connectivity index (χ1n) is 11.4. The molecule has 0 spiro atoms. The Labute approximate surface area is 205 Å². The number of benzene rings is 2. The van der Waals surface area contributed by atoms with Crippen LogP contribution >= 0.6 is 0 Å². The van der Waals surface area contributed by atoms with Crippen LogP contribution in [0.4, 0.5) is 11.4 Å². The minimum atomic E-state index is -0.592. The zero-order valence-corrected chi connectivity index (χ0v) is 20.3. The Hall–Kier alpha value is -4.08. The van der Waals surface area contributed by atoms with Crippen molar-refractivity contribution in [2.75, 3.05) is 26.5 Å². The van der Waals surface area contributed by atoms with Gasteiger partial charge in [-0.2, -0.15) is 0 Å². The van der Waals surface area contributed by atoms with Crippen LogP contribution in [0.15, 0.2) is 54.9 Å². The molecule has 1 fully saturated rings. The number of carbonyl (C=O) groups is 1. The number of amidine groups is 1. The van der Waals surface area contributed by atoms with Gasteiger partial charge >= 0.3 is 5.69 Å². The molecule has 35 heavy (non-hydrogen) atoms. The summed E-state index contributed by atoms with van der Waals surface area (Å²) in [6.45, 7) is 4.09. The molecule has 0 heterocycles. The van der Waals surface area contributed by atoms with Crippen LogP contribution in [-0.2, 0) is 0 Å². The van der Waals surface area contributed by atoms with Crippen molar-refractivity contribution in [1.82, 2.24) is 15.5 Å². The van der Waals surface area contributed by atoms with Crippen molar-refractivity contribution < 1.29 is 14.5 Å². The number of ether oxygens (including phenoxy) is 1. The number of anilines is 1. The molecule has 0 radical (unpaired) electrons. The van der Waals surface area contributed by atoms with Gasteiger partial charge in [-0.3, -0.25) is 20.3 Å². The molecular formula is C25H32N6O4. The Morgan fingerprint density at radius 1 is 1.06 bits per heavy atom. The maximum absolute atomic E-state index is 12.8. The van der Waals surface area contributed by atoms with Crippen molar-refractivity contribution in [1.29, 1.82) is 5.41 Å². The third kappa shape index (κ3) is 6.28. The molecule has 1 saturated carbocycles. The highest BCUT2D eigenvalue weighted by Crippen LogP contribution is 2.31. The smallest absolute Gasteiger partial charge is 0.323 e. The third-order valence-corrected chi connectivity index (χ3v) is 6.00. The number of methoxy groups -OCH3 is 1. The van der Waals surface area contributed by atoms with Gasteiger partial charge in [0.1, 0.15) is 11.4 Å². The normalized spacial score (nSPS) is 17.1. The van der Waals surface area contributed by atoms with Gasteiger partial charge < -0.3 is 25.6 Å². The molecule has 0 unspecified atom stereocenters. The van der Waals surface area contributed by atoms with Crippen molar-refractivity contribution in [3.63, 3.8) is 0 Å². The fourth-order valence-corrected chi connectivity index (χ4v) is 4.19. The summed E-state index contributed by atoms with van der Waals surface area (Å²) >= 11 is 0. The van der Waals surface area contributed by atoms with Crippen LogP contribution in [0.1, 0.15) is 41.6 Å².